The van der Waals surface area contributed by atoms with Gasteiger partial charge in [0, 0.05) is 18.8 Å². The molecule has 166 valence electrons. The third kappa shape index (κ3) is 5.18. The van der Waals surface area contributed by atoms with Crippen LogP contribution in [0.2, 0.25) is 0 Å². The lowest BCUT2D eigenvalue weighted by atomic mass is 9.90. The molecule has 3 aromatic carbocycles. The number of aliphatic hydroxyl groups excluding tert-OH is 2. The molecule has 4 N–H and O–H groups in total. The van der Waals surface area contributed by atoms with Gasteiger partial charge in [0.15, 0.2) is 0 Å². The molecule has 5 nitrogen and oxygen atoms in total. The zero-order valence-corrected chi connectivity index (χ0v) is 17.9. The van der Waals surface area contributed by atoms with E-state index in [1.807, 2.05) is 60.7 Å². The standard InChI is InChI=1S/C27H29NO4/c29-22(15-20-11-5-7-13-24(20)30)16-21(14-18-8-2-1-3-9-18)27(32)28-26-23-12-6-4-10-19(23)17-25(26)31/h1-13,21-22,25-26,29-31H,14-17H2,(H,28,32)/t21-,22-,25-,26?/m1/s1. The molecule has 0 aromatic heterocycles. The fraction of sp³-hybridized carbons (Fsp3) is 0.296. The molecular formula is C27H29NO4. The summed E-state index contributed by atoms with van der Waals surface area (Å²) in [5, 5.41) is 34.4. The van der Waals surface area contributed by atoms with Crippen LogP contribution < -0.4 is 5.32 Å². The third-order valence-corrected chi connectivity index (χ3v) is 6.20. The Kier molecular flexibility index (Phi) is 6.88. The number of para-hydroxylation sites is 1. The molecule has 1 aliphatic carbocycles. The van der Waals surface area contributed by atoms with Crippen LogP contribution in [0.15, 0.2) is 78.9 Å². The van der Waals surface area contributed by atoms with Gasteiger partial charge in [-0.3, -0.25) is 4.79 Å². The van der Waals surface area contributed by atoms with Crippen molar-refractivity contribution in [1.82, 2.24) is 5.32 Å². The Balaban J connectivity index is 1.50. The van der Waals surface area contributed by atoms with Crippen LogP contribution in [0.5, 0.6) is 5.75 Å². The second kappa shape index (κ2) is 9.98. The van der Waals surface area contributed by atoms with Crippen molar-refractivity contribution >= 4 is 5.91 Å². The predicted octanol–water partition coefficient (Wildman–Crippen LogP) is 3.32. The summed E-state index contributed by atoms with van der Waals surface area (Å²) in [5.41, 5.74) is 3.65. The first-order valence-electron chi connectivity index (χ1n) is 11.1. The Labute approximate surface area is 188 Å². The van der Waals surface area contributed by atoms with E-state index in [0.717, 1.165) is 16.7 Å². The van der Waals surface area contributed by atoms with Crippen LogP contribution in [0.1, 0.15) is 34.7 Å². The van der Waals surface area contributed by atoms with Gasteiger partial charge in [0.1, 0.15) is 5.75 Å². The lowest BCUT2D eigenvalue weighted by Gasteiger charge is -2.24. The first-order chi connectivity index (χ1) is 15.5. The molecule has 0 saturated heterocycles. The Morgan fingerprint density at radius 2 is 1.62 bits per heavy atom. The van der Waals surface area contributed by atoms with Gasteiger partial charge in [-0.15, -0.1) is 0 Å². The number of nitrogens with one attached hydrogen (secondary N) is 1. The van der Waals surface area contributed by atoms with Crippen LogP contribution in [0.3, 0.4) is 0 Å². The number of rotatable bonds is 8. The van der Waals surface area contributed by atoms with Gasteiger partial charge < -0.3 is 20.6 Å². The van der Waals surface area contributed by atoms with Crippen LogP contribution in [0, 0.1) is 5.92 Å². The molecule has 4 atom stereocenters. The topological polar surface area (TPSA) is 89.8 Å². The smallest absolute Gasteiger partial charge is 0.224 e. The highest BCUT2D eigenvalue weighted by Crippen LogP contribution is 2.32. The third-order valence-electron chi connectivity index (χ3n) is 6.20. The van der Waals surface area contributed by atoms with Crippen molar-refractivity contribution in [2.45, 2.75) is 43.9 Å². The van der Waals surface area contributed by atoms with E-state index >= 15 is 0 Å². The van der Waals surface area contributed by atoms with Crippen molar-refractivity contribution < 1.29 is 20.1 Å². The van der Waals surface area contributed by atoms with Crippen LogP contribution in [0.25, 0.3) is 0 Å². The number of hydrogen-bond acceptors (Lipinski definition) is 4. The van der Waals surface area contributed by atoms with Crippen LogP contribution >= 0.6 is 0 Å². The van der Waals surface area contributed by atoms with Crippen LogP contribution in [0.4, 0.5) is 0 Å². The number of aromatic hydroxyl groups is 1. The predicted molar refractivity (Wildman–Crippen MR) is 123 cm³/mol. The number of phenolic OH excluding ortho intramolecular Hbond substituents is 1. The molecule has 0 bridgehead atoms. The normalized spacial score (nSPS) is 19.2. The highest BCUT2D eigenvalue weighted by Gasteiger charge is 2.34. The number of amides is 1. The van der Waals surface area contributed by atoms with E-state index in [0.29, 0.717) is 18.4 Å². The number of phenols is 1. The van der Waals surface area contributed by atoms with Gasteiger partial charge in [0.2, 0.25) is 5.91 Å². The molecule has 0 radical (unpaired) electrons. The van der Waals surface area contributed by atoms with Crippen LogP contribution in [-0.4, -0.2) is 33.4 Å². The first kappa shape index (κ1) is 22.1. The summed E-state index contributed by atoms with van der Waals surface area (Å²) in [6.45, 7) is 0. The van der Waals surface area contributed by atoms with E-state index in [2.05, 4.69) is 5.32 Å². The van der Waals surface area contributed by atoms with Crippen molar-refractivity contribution in [1.29, 1.82) is 0 Å². The van der Waals surface area contributed by atoms with E-state index in [4.69, 9.17) is 0 Å². The SMILES string of the molecule is O=C(NC1c2ccccc2C[C@H]1O)[C@H](Cc1ccccc1)C[C@H](O)Cc1ccccc1O. The Morgan fingerprint density at radius 3 is 2.41 bits per heavy atom. The number of carbonyl (C=O) groups excluding carboxylic acids is 1. The van der Waals surface area contributed by atoms with Gasteiger partial charge in [-0.05, 0) is 41.2 Å². The average Bonchev–Trinajstić information content (AvgIpc) is 3.10. The van der Waals surface area contributed by atoms with Gasteiger partial charge in [-0.1, -0.05) is 72.8 Å². The summed E-state index contributed by atoms with van der Waals surface area (Å²) in [6.07, 6.45) is 0.0538. The molecule has 0 fully saturated rings. The highest BCUT2D eigenvalue weighted by atomic mass is 16.3. The highest BCUT2D eigenvalue weighted by molar-refractivity contribution is 5.79. The maximum atomic E-state index is 13.3. The van der Waals surface area contributed by atoms with Gasteiger partial charge >= 0.3 is 0 Å². The Hall–Kier alpha value is -3.15. The average molecular weight is 432 g/mol. The second-order valence-electron chi connectivity index (χ2n) is 8.57. The maximum absolute atomic E-state index is 13.3. The minimum atomic E-state index is -0.788. The molecule has 3 aromatic rings. The molecule has 1 unspecified atom stereocenters. The number of fused-ring (bicyclic) bond motifs is 1. The fourth-order valence-electron chi connectivity index (χ4n) is 4.55. The number of carbonyl (C=O) groups is 1. The summed E-state index contributed by atoms with van der Waals surface area (Å²) in [7, 11) is 0. The van der Waals surface area contributed by atoms with E-state index < -0.39 is 24.2 Å². The van der Waals surface area contributed by atoms with Gasteiger partial charge in [-0.25, -0.2) is 0 Å². The van der Waals surface area contributed by atoms with Crippen molar-refractivity contribution in [3.63, 3.8) is 0 Å². The van der Waals surface area contributed by atoms with Crippen LogP contribution in [-0.2, 0) is 24.1 Å². The Morgan fingerprint density at radius 1 is 0.938 bits per heavy atom. The van der Waals surface area contributed by atoms with Gasteiger partial charge in [0.05, 0.1) is 18.2 Å². The van der Waals surface area contributed by atoms with E-state index in [1.54, 1.807) is 18.2 Å². The van der Waals surface area contributed by atoms with Crippen molar-refractivity contribution in [2.24, 2.45) is 5.92 Å². The first-order valence-corrected chi connectivity index (χ1v) is 11.1. The van der Waals surface area contributed by atoms with Gasteiger partial charge in [-0.2, -0.15) is 0 Å². The van der Waals surface area contributed by atoms with E-state index in [9.17, 15) is 20.1 Å². The summed E-state index contributed by atoms with van der Waals surface area (Å²) in [4.78, 5) is 13.3. The molecule has 5 heteroatoms. The minimum Gasteiger partial charge on any atom is -0.508 e. The number of aliphatic hydroxyl groups is 2. The molecule has 0 heterocycles. The molecule has 1 aliphatic rings. The molecule has 0 aliphatic heterocycles. The molecule has 0 spiro atoms. The van der Waals surface area contributed by atoms with Crippen molar-refractivity contribution in [3.05, 3.63) is 101 Å². The molecule has 0 saturated carbocycles. The quantitative estimate of drug-likeness (QED) is 0.441. The molecular weight excluding hydrogens is 402 g/mol. The summed E-state index contributed by atoms with van der Waals surface area (Å²) >= 11 is 0. The summed E-state index contributed by atoms with van der Waals surface area (Å²) in [6, 6.07) is 23.9. The van der Waals surface area contributed by atoms with Crippen molar-refractivity contribution in [3.8, 4) is 5.75 Å². The van der Waals surface area contributed by atoms with Crippen molar-refractivity contribution in [2.75, 3.05) is 0 Å². The maximum Gasteiger partial charge on any atom is 0.224 e. The summed E-state index contributed by atoms with van der Waals surface area (Å²) < 4.78 is 0. The Bertz CT molecular complexity index is 1050. The minimum absolute atomic E-state index is 0.140. The lowest BCUT2D eigenvalue weighted by Crippen LogP contribution is -2.39. The largest absolute Gasteiger partial charge is 0.508 e. The zero-order chi connectivity index (χ0) is 22.5. The number of benzene rings is 3. The monoisotopic (exact) mass is 431 g/mol. The zero-order valence-electron chi connectivity index (χ0n) is 17.9. The molecule has 32 heavy (non-hydrogen) atoms. The second-order valence-corrected chi connectivity index (χ2v) is 8.57. The lowest BCUT2D eigenvalue weighted by molar-refractivity contribution is -0.127. The fourth-order valence-corrected chi connectivity index (χ4v) is 4.55. The summed E-state index contributed by atoms with van der Waals surface area (Å²) in [5.74, 6) is -0.523. The van der Waals surface area contributed by atoms with E-state index in [-0.39, 0.29) is 24.5 Å². The van der Waals surface area contributed by atoms with E-state index in [1.165, 1.54) is 0 Å². The molecule has 1 amide bonds. The van der Waals surface area contributed by atoms with Gasteiger partial charge in [0.25, 0.3) is 0 Å². The molecule has 4 rings (SSSR count). The number of hydrogen-bond donors (Lipinski definition) is 4.